The van der Waals surface area contributed by atoms with E-state index in [1.165, 1.54) is 0 Å². The third-order valence-corrected chi connectivity index (χ3v) is 2.32. The Morgan fingerprint density at radius 1 is 1.53 bits per heavy atom. The molecule has 0 saturated heterocycles. The van der Waals surface area contributed by atoms with E-state index in [9.17, 15) is 5.11 Å². The van der Waals surface area contributed by atoms with E-state index >= 15 is 0 Å². The lowest BCUT2D eigenvalue weighted by Gasteiger charge is -2.03. The van der Waals surface area contributed by atoms with Gasteiger partial charge in [0.1, 0.15) is 12.4 Å². The first-order valence-electron chi connectivity index (χ1n) is 4.98. The fourth-order valence-electron chi connectivity index (χ4n) is 1.61. The first-order valence-corrected chi connectivity index (χ1v) is 4.98. The fraction of sp³-hybridized carbons (Fsp3) is 0.364. The second kappa shape index (κ2) is 4.42. The zero-order valence-corrected chi connectivity index (χ0v) is 8.68. The van der Waals surface area contributed by atoms with Crippen LogP contribution in [0.5, 0.6) is 0 Å². The van der Waals surface area contributed by atoms with Crippen molar-refractivity contribution >= 4 is 11.0 Å². The quantitative estimate of drug-likeness (QED) is 0.825. The van der Waals surface area contributed by atoms with Gasteiger partial charge in [0.15, 0.2) is 0 Å². The maximum atomic E-state index is 9.19. The number of pyridine rings is 1. The first-order chi connectivity index (χ1) is 7.36. The molecule has 15 heavy (non-hydrogen) atoms. The van der Waals surface area contributed by atoms with Crippen LogP contribution in [0.4, 0.5) is 0 Å². The van der Waals surface area contributed by atoms with E-state index in [0.717, 1.165) is 16.6 Å². The molecular formula is C11H14N2O2. The van der Waals surface area contributed by atoms with Crippen LogP contribution in [0, 0.1) is 0 Å². The molecular weight excluding hydrogens is 192 g/mol. The van der Waals surface area contributed by atoms with Crippen LogP contribution in [-0.2, 0) is 18.1 Å². The van der Waals surface area contributed by atoms with Crippen molar-refractivity contribution in [2.45, 2.75) is 20.3 Å². The molecule has 0 aliphatic rings. The van der Waals surface area contributed by atoms with Crippen molar-refractivity contribution in [1.82, 2.24) is 9.55 Å². The maximum absolute atomic E-state index is 9.19. The third-order valence-electron chi connectivity index (χ3n) is 2.32. The van der Waals surface area contributed by atoms with Crippen molar-refractivity contribution in [2.24, 2.45) is 0 Å². The Labute approximate surface area is 88.1 Å². The molecule has 2 aromatic heterocycles. The topological polar surface area (TPSA) is 47.3 Å². The summed E-state index contributed by atoms with van der Waals surface area (Å²) >= 11 is 0. The second-order valence-corrected chi connectivity index (χ2v) is 3.28. The van der Waals surface area contributed by atoms with Crippen LogP contribution in [0.25, 0.3) is 11.0 Å². The summed E-state index contributed by atoms with van der Waals surface area (Å²) in [5.41, 5.74) is 1.74. The molecule has 0 unspecified atom stereocenters. The highest BCUT2D eigenvalue weighted by atomic mass is 16.5. The molecule has 0 radical (unpaired) electrons. The normalized spacial score (nSPS) is 11.1. The molecule has 2 heterocycles. The lowest BCUT2D eigenvalue weighted by Crippen LogP contribution is -2.01. The molecule has 0 saturated carbocycles. The Bertz CT molecular complexity index is 451. The molecule has 0 bridgehead atoms. The third kappa shape index (κ3) is 1.86. The summed E-state index contributed by atoms with van der Waals surface area (Å²) in [7, 11) is 0. The van der Waals surface area contributed by atoms with Crippen LogP contribution in [0.15, 0.2) is 24.5 Å². The van der Waals surface area contributed by atoms with Crippen LogP contribution in [-0.4, -0.2) is 21.3 Å². The van der Waals surface area contributed by atoms with Gasteiger partial charge >= 0.3 is 0 Å². The molecule has 2 rings (SSSR count). The Kier molecular flexibility index (Phi) is 2.99. The zero-order chi connectivity index (χ0) is 10.7. The van der Waals surface area contributed by atoms with Gasteiger partial charge in [-0.2, -0.15) is 0 Å². The van der Waals surface area contributed by atoms with Gasteiger partial charge in [-0.15, -0.1) is 0 Å². The predicted octanol–water partition coefficient (Wildman–Crippen LogP) is 1.52. The molecule has 0 spiro atoms. The minimum absolute atomic E-state index is 0.0291. The standard InChI is InChI=1S/C11H14N2O2/c1-2-15-8-13-6-9(7-14)10-4-3-5-12-11(10)13/h3-6,14H,2,7-8H2,1H3. The van der Waals surface area contributed by atoms with Gasteiger partial charge in [0, 0.05) is 30.0 Å². The molecule has 4 heteroatoms. The van der Waals surface area contributed by atoms with Gasteiger partial charge in [-0.3, -0.25) is 0 Å². The van der Waals surface area contributed by atoms with Crippen LogP contribution < -0.4 is 0 Å². The van der Waals surface area contributed by atoms with Crippen molar-refractivity contribution < 1.29 is 9.84 Å². The van der Waals surface area contributed by atoms with Crippen molar-refractivity contribution in [1.29, 1.82) is 0 Å². The molecule has 0 atom stereocenters. The Balaban J connectivity index is 2.45. The van der Waals surface area contributed by atoms with Crippen LogP contribution in [0.3, 0.4) is 0 Å². The van der Waals surface area contributed by atoms with Crippen molar-refractivity contribution in [3.63, 3.8) is 0 Å². The van der Waals surface area contributed by atoms with Crippen LogP contribution in [0.2, 0.25) is 0 Å². The number of fused-ring (bicyclic) bond motifs is 1. The average molecular weight is 206 g/mol. The Morgan fingerprint density at radius 2 is 2.40 bits per heavy atom. The lowest BCUT2D eigenvalue weighted by atomic mass is 10.2. The summed E-state index contributed by atoms with van der Waals surface area (Å²) in [6.45, 7) is 3.12. The van der Waals surface area contributed by atoms with E-state index in [1.54, 1.807) is 6.20 Å². The number of hydrogen-bond donors (Lipinski definition) is 1. The zero-order valence-electron chi connectivity index (χ0n) is 8.68. The number of aliphatic hydroxyl groups is 1. The van der Waals surface area contributed by atoms with Gasteiger partial charge in [-0.1, -0.05) is 0 Å². The SMILES string of the molecule is CCOCn1cc(CO)c2cccnc21. The number of ether oxygens (including phenoxy) is 1. The van der Waals surface area contributed by atoms with E-state index in [0.29, 0.717) is 13.3 Å². The highest BCUT2D eigenvalue weighted by molar-refractivity contribution is 5.80. The molecule has 0 aromatic carbocycles. The predicted molar refractivity (Wildman–Crippen MR) is 57.3 cm³/mol. The average Bonchev–Trinajstić information content (AvgIpc) is 2.65. The Hall–Kier alpha value is -1.39. The van der Waals surface area contributed by atoms with E-state index in [4.69, 9.17) is 4.74 Å². The van der Waals surface area contributed by atoms with Crippen molar-refractivity contribution in [3.8, 4) is 0 Å². The van der Waals surface area contributed by atoms with Gasteiger partial charge in [-0.05, 0) is 19.1 Å². The summed E-state index contributed by atoms with van der Waals surface area (Å²) in [6, 6.07) is 3.82. The summed E-state index contributed by atoms with van der Waals surface area (Å²) in [4.78, 5) is 4.27. The highest BCUT2D eigenvalue weighted by Crippen LogP contribution is 2.19. The summed E-state index contributed by atoms with van der Waals surface area (Å²) in [6.07, 6.45) is 3.62. The number of aromatic nitrogens is 2. The number of aliphatic hydroxyl groups excluding tert-OH is 1. The number of hydrogen-bond acceptors (Lipinski definition) is 3. The Morgan fingerprint density at radius 3 is 3.13 bits per heavy atom. The summed E-state index contributed by atoms with van der Waals surface area (Å²) in [5, 5.41) is 10.2. The van der Waals surface area contributed by atoms with Gasteiger partial charge < -0.3 is 14.4 Å². The van der Waals surface area contributed by atoms with Gasteiger partial charge in [0.2, 0.25) is 0 Å². The summed E-state index contributed by atoms with van der Waals surface area (Å²) < 4.78 is 7.23. The van der Waals surface area contributed by atoms with E-state index in [-0.39, 0.29) is 6.61 Å². The maximum Gasteiger partial charge on any atom is 0.142 e. The molecule has 1 N–H and O–H groups in total. The minimum Gasteiger partial charge on any atom is -0.392 e. The fourth-order valence-corrected chi connectivity index (χ4v) is 1.61. The van der Waals surface area contributed by atoms with E-state index in [1.807, 2.05) is 29.8 Å². The van der Waals surface area contributed by atoms with Gasteiger partial charge in [0.25, 0.3) is 0 Å². The molecule has 0 fully saturated rings. The molecule has 0 aliphatic heterocycles. The smallest absolute Gasteiger partial charge is 0.142 e. The number of rotatable bonds is 4. The largest absolute Gasteiger partial charge is 0.392 e. The first kappa shape index (κ1) is 10.1. The van der Waals surface area contributed by atoms with Crippen LogP contribution >= 0.6 is 0 Å². The van der Waals surface area contributed by atoms with Gasteiger partial charge in [0.05, 0.1) is 6.61 Å². The lowest BCUT2D eigenvalue weighted by molar-refractivity contribution is 0.0903. The molecule has 2 aromatic rings. The van der Waals surface area contributed by atoms with E-state index < -0.39 is 0 Å². The molecule has 4 nitrogen and oxygen atoms in total. The summed E-state index contributed by atoms with van der Waals surface area (Å²) in [5.74, 6) is 0. The van der Waals surface area contributed by atoms with Crippen molar-refractivity contribution in [3.05, 3.63) is 30.1 Å². The van der Waals surface area contributed by atoms with E-state index in [2.05, 4.69) is 4.98 Å². The van der Waals surface area contributed by atoms with Gasteiger partial charge in [-0.25, -0.2) is 4.98 Å². The van der Waals surface area contributed by atoms with Crippen LogP contribution in [0.1, 0.15) is 12.5 Å². The number of nitrogens with zero attached hydrogens (tertiary/aromatic N) is 2. The highest BCUT2D eigenvalue weighted by Gasteiger charge is 2.07. The monoisotopic (exact) mass is 206 g/mol. The second-order valence-electron chi connectivity index (χ2n) is 3.28. The molecule has 80 valence electrons. The minimum atomic E-state index is 0.0291. The van der Waals surface area contributed by atoms with Crippen molar-refractivity contribution in [2.75, 3.05) is 6.61 Å². The molecule has 0 amide bonds. The molecule has 0 aliphatic carbocycles.